The maximum atomic E-state index is 11.8. The average molecular weight is 321 g/mol. The zero-order valence-corrected chi connectivity index (χ0v) is 13.5. The number of fused-ring (bicyclic) bond motifs is 1. The van der Waals surface area contributed by atoms with Crippen molar-refractivity contribution < 1.29 is 8.42 Å². The van der Waals surface area contributed by atoms with Crippen molar-refractivity contribution in [2.45, 2.75) is 43.7 Å². The van der Waals surface area contributed by atoms with Crippen LogP contribution in [-0.2, 0) is 29.2 Å². The second kappa shape index (κ2) is 5.68. The van der Waals surface area contributed by atoms with Gasteiger partial charge in [0.2, 0.25) is 0 Å². The highest BCUT2D eigenvalue weighted by molar-refractivity contribution is 7.90. The summed E-state index contributed by atoms with van der Waals surface area (Å²) in [5.41, 5.74) is 0. The van der Waals surface area contributed by atoms with Gasteiger partial charge in [-0.15, -0.1) is 0 Å². The first-order chi connectivity index (χ1) is 10.5. The number of aryl methyl sites for hydroxylation is 2. The molecule has 8 heteroatoms. The molecule has 0 amide bonds. The van der Waals surface area contributed by atoms with E-state index in [-0.39, 0.29) is 10.9 Å². The molecular formula is C14H19N5O2S. The van der Waals surface area contributed by atoms with Gasteiger partial charge in [0, 0.05) is 31.3 Å². The molecule has 0 bridgehead atoms. The average Bonchev–Trinajstić information content (AvgIpc) is 2.89. The van der Waals surface area contributed by atoms with E-state index >= 15 is 0 Å². The molecule has 1 N–H and O–H groups in total. The van der Waals surface area contributed by atoms with E-state index in [1.54, 1.807) is 18.3 Å². The van der Waals surface area contributed by atoms with Crippen LogP contribution in [0.1, 0.15) is 25.0 Å². The molecule has 2 aromatic rings. The second-order valence-corrected chi connectivity index (χ2v) is 7.47. The minimum atomic E-state index is -3.30. The molecule has 0 aromatic carbocycles. The fraction of sp³-hybridized carbons (Fsp3) is 0.500. The molecule has 0 saturated heterocycles. The lowest BCUT2D eigenvalue weighted by Crippen LogP contribution is -2.32. The Morgan fingerprint density at radius 3 is 3.00 bits per heavy atom. The Hall–Kier alpha value is -1.96. The van der Waals surface area contributed by atoms with Gasteiger partial charge in [0.25, 0.3) is 0 Å². The summed E-state index contributed by atoms with van der Waals surface area (Å²) in [4.78, 5) is 8.89. The van der Waals surface area contributed by atoms with Crippen LogP contribution in [0.15, 0.2) is 23.2 Å². The predicted octanol–water partition coefficient (Wildman–Crippen LogP) is 1.07. The number of rotatable bonds is 4. The molecule has 22 heavy (non-hydrogen) atoms. The number of aromatic nitrogens is 4. The normalized spacial score (nSPS) is 18.0. The Kier molecular flexibility index (Phi) is 3.86. The van der Waals surface area contributed by atoms with Gasteiger partial charge in [0.05, 0.1) is 6.54 Å². The lowest BCUT2D eigenvalue weighted by molar-refractivity contribution is 0.439. The minimum absolute atomic E-state index is 0.0920. The molecule has 1 aliphatic rings. The molecule has 1 unspecified atom stereocenters. The van der Waals surface area contributed by atoms with Gasteiger partial charge in [0.1, 0.15) is 16.5 Å². The van der Waals surface area contributed by atoms with Crippen molar-refractivity contribution in [1.29, 1.82) is 0 Å². The molecule has 1 atom stereocenters. The van der Waals surface area contributed by atoms with Gasteiger partial charge in [-0.2, -0.15) is 5.10 Å². The highest BCUT2D eigenvalue weighted by Crippen LogP contribution is 2.22. The Bertz CT molecular complexity index is 784. The van der Waals surface area contributed by atoms with Gasteiger partial charge in [-0.3, -0.25) is 0 Å². The van der Waals surface area contributed by atoms with E-state index in [0.717, 1.165) is 30.9 Å². The van der Waals surface area contributed by atoms with Crippen molar-refractivity contribution in [3.8, 4) is 0 Å². The number of nitrogens with zero attached hydrogens (tertiary/aromatic N) is 4. The number of anilines is 1. The highest BCUT2D eigenvalue weighted by atomic mass is 32.2. The summed E-state index contributed by atoms with van der Waals surface area (Å²) in [6.45, 7) is 2.70. The van der Waals surface area contributed by atoms with E-state index in [1.165, 1.54) is 6.26 Å². The van der Waals surface area contributed by atoms with Crippen LogP contribution in [0.2, 0.25) is 0 Å². The Morgan fingerprint density at radius 1 is 1.45 bits per heavy atom. The summed E-state index contributed by atoms with van der Waals surface area (Å²) in [6, 6.07) is 3.30. The van der Waals surface area contributed by atoms with Crippen LogP contribution in [0, 0.1) is 0 Å². The second-order valence-electron chi connectivity index (χ2n) is 5.48. The molecule has 0 aliphatic carbocycles. The quantitative estimate of drug-likeness (QED) is 0.906. The summed E-state index contributed by atoms with van der Waals surface area (Å²) in [6.07, 6.45) is 5.30. The maximum absolute atomic E-state index is 11.8. The highest BCUT2D eigenvalue weighted by Gasteiger charge is 2.23. The molecule has 2 aromatic heterocycles. The minimum Gasteiger partial charge on any atom is -0.364 e. The number of pyridine rings is 1. The van der Waals surface area contributed by atoms with Gasteiger partial charge in [0.15, 0.2) is 15.7 Å². The predicted molar refractivity (Wildman–Crippen MR) is 82.5 cm³/mol. The number of hydrogen-bond donors (Lipinski definition) is 1. The molecule has 1 aliphatic heterocycles. The van der Waals surface area contributed by atoms with Gasteiger partial charge >= 0.3 is 0 Å². The zero-order chi connectivity index (χ0) is 15.7. The third-order valence-corrected chi connectivity index (χ3v) is 4.86. The number of sulfone groups is 1. The third kappa shape index (κ3) is 2.96. The first kappa shape index (κ1) is 15.0. The van der Waals surface area contributed by atoms with Crippen molar-refractivity contribution in [3.05, 3.63) is 30.0 Å². The molecule has 0 saturated carbocycles. The van der Waals surface area contributed by atoms with E-state index in [2.05, 4.69) is 20.4 Å². The summed E-state index contributed by atoms with van der Waals surface area (Å²) < 4.78 is 25.6. The van der Waals surface area contributed by atoms with Crippen LogP contribution in [0.4, 0.5) is 5.82 Å². The zero-order valence-electron chi connectivity index (χ0n) is 12.7. The standard InChI is InChI=1S/C14H19N5O2S/c1-3-12-17-13-7-6-10(9-19(13)18-12)16-14-11(22(2,20)21)5-4-8-15-14/h4-5,8,10H,3,6-7,9H2,1-2H3,(H,15,16). The first-order valence-electron chi connectivity index (χ1n) is 7.31. The third-order valence-electron chi connectivity index (χ3n) is 3.73. The van der Waals surface area contributed by atoms with Gasteiger partial charge in [-0.1, -0.05) is 6.92 Å². The van der Waals surface area contributed by atoms with Crippen molar-refractivity contribution in [2.24, 2.45) is 0 Å². The topological polar surface area (TPSA) is 89.8 Å². The number of hydrogen-bond acceptors (Lipinski definition) is 6. The van der Waals surface area contributed by atoms with E-state index in [1.807, 2.05) is 11.6 Å². The Morgan fingerprint density at radius 2 is 2.27 bits per heavy atom. The molecule has 0 fully saturated rings. The summed E-state index contributed by atoms with van der Waals surface area (Å²) >= 11 is 0. The van der Waals surface area contributed by atoms with E-state index < -0.39 is 9.84 Å². The van der Waals surface area contributed by atoms with Gasteiger partial charge in [-0.05, 0) is 18.6 Å². The fourth-order valence-electron chi connectivity index (χ4n) is 2.62. The van der Waals surface area contributed by atoms with Crippen LogP contribution in [0.25, 0.3) is 0 Å². The lowest BCUT2D eigenvalue weighted by Gasteiger charge is -2.24. The Balaban J connectivity index is 1.81. The van der Waals surface area contributed by atoms with Crippen molar-refractivity contribution in [2.75, 3.05) is 11.6 Å². The molecule has 0 radical (unpaired) electrons. The molecule has 3 rings (SSSR count). The van der Waals surface area contributed by atoms with Crippen LogP contribution >= 0.6 is 0 Å². The van der Waals surface area contributed by atoms with Crippen molar-refractivity contribution in [1.82, 2.24) is 19.7 Å². The smallest absolute Gasteiger partial charge is 0.179 e. The van der Waals surface area contributed by atoms with Crippen molar-refractivity contribution >= 4 is 15.7 Å². The van der Waals surface area contributed by atoms with Crippen LogP contribution in [0.3, 0.4) is 0 Å². The van der Waals surface area contributed by atoms with E-state index in [9.17, 15) is 8.42 Å². The van der Waals surface area contributed by atoms with E-state index in [0.29, 0.717) is 12.4 Å². The summed E-state index contributed by atoms with van der Waals surface area (Å²) in [5, 5.41) is 7.70. The Labute approximate surface area is 129 Å². The SMILES string of the molecule is CCc1nc2n(n1)CC(Nc1ncccc1S(C)(=O)=O)CC2. The van der Waals surface area contributed by atoms with Crippen molar-refractivity contribution in [3.63, 3.8) is 0 Å². The molecule has 0 spiro atoms. The maximum Gasteiger partial charge on any atom is 0.179 e. The molecule has 3 heterocycles. The monoisotopic (exact) mass is 321 g/mol. The summed E-state index contributed by atoms with van der Waals surface area (Å²) in [5.74, 6) is 2.26. The molecular weight excluding hydrogens is 302 g/mol. The van der Waals surface area contributed by atoms with Gasteiger partial charge in [-0.25, -0.2) is 23.1 Å². The first-order valence-corrected chi connectivity index (χ1v) is 9.20. The van der Waals surface area contributed by atoms with Crippen LogP contribution in [0.5, 0.6) is 0 Å². The van der Waals surface area contributed by atoms with E-state index in [4.69, 9.17) is 0 Å². The van der Waals surface area contributed by atoms with Crippen LogP contribution in [-0.4, -0.2) is 40.5 Å². The fourth-order valence-corrected chi connectivity index (χ4v) is 3.41. The molecule has 7 nitrogen and oxygen atoms in total. The lowest BCUT2D eigenvalue weighted by atomic mass is 10.1. The molecule has 118 valence electrons. The number of nitrogens with one attached hydrogen (secondary N) is 1. The van der Waals surface area contributed by atoms with Crippen LogP contribution < -0.4 is 5.32 Å². The van der Waals surface area contributed by atoms with Gasteiger partial charge < -0.3 is 5.32 Å². The summed E-state index contributed by atoms with van der Waals surface area (Å²) in [7, 11) is -3.30. The largest absolute Gasteiger partial charge is 0.364 e.